The molecule has 4 heteroatoms. The summed E-state index contributed by atoms with van der Waals surface area (Å²) in [5.41, 5.74) is -0.174. The predicted molar refractivity (Wildman–Crippen MR) is 60.8 cm³/mol. The van der Waals surface area contributed by atoms with Crippen molar-refractivity contribution in [1.29, 1.82) is 0 Å². The van der Waals surface area contributed by atoms with Crippen molar-refractivity contribution in [3.05, 3.63) is 12.2 Å². The number of hydrogen-bond donors (Lipinski definition) is 1. The number of likely N-dealkylation sites (tertiary alicyclic amines) is 1. The van der Waals surface area contributed by atoms with Gasteiger partial charge in [0.15, 0.2) is 0 Å². The Morgan fingerprint density at radius 2 is 1.71 bits per heavy atom. The number of imide groups is 1. The van der Waals surface area contributed by atoms with Gasteiger partial charge in [-0.1, -0.05) is 12.2 Å². The van der Waals surface area contributed by atoms with Crippen LogP contribution in [0, 0.1) is 17.3 Å². The summed E-state index contributed by atoms with van der Waals surface area (Å²) in [5.74, 6) is -0.322. The van der Waals surface area contributed by atoms with E-state index in [9.17, 15) is 14.7 Å². The number of amides is 2. The summed E-state index contributed by atoms with van der Waals surface area (Å²) in [5, 5.41) is 9.29. The minimum atomic E-state index is -0.174. The van der Waals surface area contributed by atoms with Crippen molar-refractivity contribution in [2.75, 3.05) is 13.2 Å². The molecular weight excluding hydrogens is 218 g/mol. The van der Waals surface area contributed by atoms with Gasteiger partial charge in [0, 0.05) is 12.0 Å². The van der Waals surface area contributed by atoms with Gasteiger partial charge in [-0.25, -0.2) is 0 Å². The lowest BCUT2D eigenvalue weighted by Crippen LogP contribution is -2.37. The predicted octanol–water partition coefficient (Wildman–Crippen LogP) is 0.710. The van der Waals surface area contributed by atoms with Gasteiger partial charge in [-0.2, -0.15) is 0 Å². The smallest absolute Gasteiger partial charge is 0.233 e. The Bertz CT molecular complexity index is 371. The average Bonchev–Trinajstić information content (AvgIpc) is 3.10. The monoisotopic (exact) mass is 235 g/mol. The number of aliphatic hydroxyl groups is 1. The van der Waals surface area contributed by atoms with E-state index in [0.717, 1.165) is 12.8 Å². The first-order valence-electron chi connectivity index (χ1n) is 6.28. The maximum absolute atomic E-state index is 12.2. The molecule has 2 amide bonds. The molecule has 0 aromatic carbocycles. The Morgan fingerprint density at radius 3 is 2.12 bits per heavy atom. The number of fused-ring (bicyclic) bond motifs is 1. The highest BCUT2D eigenvalue weighted by Gasteiger charge is 2.52. The molecule has 1 saturated heterocycles. The highest BCUT2D eigenvalue weighted by atomic mass is 16.3. The Balaban J connectivity index is 1.78. The van der Waals surface area contributed by atoms with Crippen molar-refractivity contribution in [2.45, 2.75) is 25.7 Å². The molecule has 2 atom stereocenters. The van der Waals surface area contributed by atoms with E-state index in [0.29, 0.717) is 19.4 Å². The van der Waals surface area contributed by atoms with Gasteiger partial charge < -0.3 is 5.11 Å². The van der Waals surface area contributed by atoms with Gasteiger partial charge in [0.2, 0.25) is 11.8 Å². The first-order chi connectivity index (χ1) is 8.17. The van der Waals surface area contributed by atoms with Crippen LogP contribution in [-0.4, -0.2) is 35.0 Å². The molecular formula is C13H17NO3. The second-order valence-corrected chi connectivity index (χ2v) is 5.58. The van der Waals surface area contributed by atoms with Crippen LogP contribution in [0.3, 0.4) is 0 Å². The van der Waals surface area contributed by atoms with E-state index >= 15 is 0 Å². The number of nitrogens with zero attached hydrogens (tertiary/aromatic N) is 1. The fourth-order valence-corrected chi connectivity index (χ4v) is 2.90. The fraction of sp³-hybridized carbons (Fsp3) is 0.692. The van der Waals surface area contributed by atoms with Gasteiger partial charge in [0.1, 0.15) is 0 Å². The molecule has 0 radical (unpaired) electrons. The van der Waals surface area contributed by atoms with Crippen LogP contribution in [0.25, 0.3) is 0 Å². The summed E-state index contributed by atoms with van der Waals surface area (Å²) >= 11 is 0. The minimum absolute atomic E-state index is 0.0240. The van der Waals surface area contributed by atoms with Crippen LogP contribution in [-0.2, 0) is 9.59 Å². The zero-order valence-electron chi connectivity index (χ0n) is 9.76. The molecule has 1 heterocycles. The van der Waals surface area contributed by atoms with E-state index in [2.05, 4.69) is 0 Å². The number of rotatable bonds is 3. The lowest BCUT2D eigenvalue weighted by atomic mass is 9.85. The van der Waals surface area contributed by atoms with Gasteiger partial charge in [0.25, 0.3) is 0 Å². The first kappa shape index (κ1) is 11.0. The maximum atomic E-state index is 12.2. The van der Waals surface area contributed by atoms with Gasteiger partial charge in [-0.15, -0.1) is 0 Å². The molecule has 2 unspecified atom stereocenters. The van der Waals surface area contributed by atoms with Crippen molar-refractivity contribution in [1.82, 2.24) is 4.90 Å². The minimum Gasteiger partial charge on any atom is -0.396 e. The van der Waals surface area contributed by atoms with Gasteiger partial charge >= 0.3 is 0 Å². The van der Waals surface area contributed by atoms with Crippen molar-refractivity contribution in [3.63, 3.8) is 0 Å². The van der Waals surface area contributed by atoms with Gasteiger partial charge in [-0.05, 0) is 25.7 Å². The summed E-state index contributed by atoms with van der Waals surface area (Å²) in [6, 6.07) is 0. The Labute approximate surface area is 100 Å². The summed E-state index contributed by atoms with van der Waals surface area (Å²) in [6.45, 7) is 0.506. The number of allylic oxidation sites excluding steroid dienone is 2. The zero-order valence-corrected chi connectivity index (χ0v) is 9.76. The Hall–Kier alpha value is -1.16. The Morgan fingerprint density at radius 1 is 1.18 bits per heavy atom. The van der Waals surface area contributed by atoms with E-state index in [1.54, 1.807) is 0 Å². The third-order valence-corrected chi connectivity index (χ3v) is 4.38. The van der Waals surface area contributed by atoms with Crippen LogP contribution < -0.4 is 0 Å². The summed E-state index contributed by atoms with van der Waals surface area (Å²) in [7, 11) is 0. The molecule has 92 valence electrons. The molecule has 3 rings (SSSR count). The maximum Gasteiger partial charge on any atom is 0.233 e. The number of carbonyl (C=O) groups is 2. The molecule has 2 aliphatic carbocycles. The highest BCUT2D eigenvalue weighted by Crippen LogP contribution is 2.47. The van der Waals surface area contributed by atoms with Gasteiger partial charge in [0.05, 0.1) is 18.4 Å². The van der Waals surface area contributed by atoms with Crippen LogP contribution in [0.4, 0.5) is 0 Å². The quantitative estimate of drug-likeness (QED) is 0.579. The van der Waals surface area contributed by atoms with Crippen LogP contribution in [0.2, 0.25) is 0 Å². The lowest BCUT2D eigenvalue weighted by molar-refractivity contribution is -0.141. The fourth-order valence-electron chi connectivity index (χ4n) is 2.90. The summed E-state index contributed by atoms with van der Waals surface area (Å²) in [6.07, 6.45) is 7.22. The van der Waals surface area contributed by atoms with E-state index in [4.69, 9.17) is 0 Å². The molecule has 0 aromatic rings. The normalized spacial score (nSPS) is 34.1. The SMILES string of the molecule is O=C1C2CC=CCC2C(=O)N1CC1(CO)CC1. The lowest BCUT2D eigenvalue weighted by Gasteiger charge is -2.20. The van der Waals surface area contributed by atoms with E-state index < -0.39 is 0 Å². The third-order valence-electron chi connectivity index (χ3n) is 4.38. The molecule has 3 aliphatic rings. The largest absolute Gasteiger partial charge is 0.396 e. The first-order valence-corrected chi connectivity index (χ1v) is 6.28. The highest BCUT2D eigenvalue weighted by molar-refractivity contribution is 6.05. The Kier molecular flexibility index (Phi) is 2.36. The molecule has 17 heavy (non-hydrogen) atoms. The average molecular weight is 235 g/mol. The van der Waals surface area contributed by atoms with Crippen LogP contribution in [0.5, 0.6) is 0 Å². The molecule has 0 aromatic heterocycles. The summed E-state index contributed by atoms with van der Waals surface area (Å²) in [4.78, 5) is 25.7. The number of hydrogen-bond acceptors (Lipinski definition) is 3. The number of aliphatic hydroxyl groups excluding tert-OH is 1. The molecule has 1 N–H and O–H groups in total. The topological polar surface area (TPSA) is 57.6 Å². The number of carbonyl (C=O) groups excluding carboxylic acids is 2. The van der Waals surface area contributed by atoms with Crippen molar-refractivity contribution >= 4 is 11.8 Å². The molecule has 1 saturated carbocycles. The van der Waals surface area contributed by atoms with Crippen molar-refractivity contribution < 1.29 is 14.7 Å². The van der Waals surface area contributed by atoms with E-state index in [1.165, 1.54) is 4.90 Å². The molecule has 2 fully saturated rings. The van der Waals surface area contributed by atoms with Crippen LogP contribution in [0.15, 0.2) is 12.2 Å². The van der Waals surface area contributed by atoms with Crippen molar-refractivity contribution in [2.24, 2.45) is 17.3 Å². The standard InChI is InChI=1S/C13H17NO3/c15-8-13(5-6-13)7-14-11(16)9-3-1-2-4-10(9)12(14)17/h1-2,9-10,15H,3-8H2. The second-order valence-electron chi connectivity index (χ2n) is 5.58. The van der Waals surface area contributed by atoms with Gasteiger partial charge in [-0.3, -0.25) is 14.5 Å². The van der Waals surface area contributed by atoms with E-state index in [-0.39, 0.29) is 35.7 Å². The van der Waals surface area contributed by atoms with Crippen molar-refractivity contribution in [3.8, 4) is 0 Å². The zero-order chi connectivity index (χ0) is 12.0. The molecule has 0 bridgehead atoms. The molecule has 0 spiro atoms. The van der Waals surface area contributed by atoms with Crippen LogP contribution in [0.1, 0.15) is 25.7 Å². The van der Waals surface area contributed by atoms with E-state index in [1.807, 2.05) is 12.2 Å². The summed E-state index contributed by atoms with van der Waals surface area (Å²) < 4.78 is 0. The third kappa shape index (κ3) is 1.62. The molecule has 1 aliphatic heterocycles. The van der Waals surface area contributed by atoms with Crippen LogP contribution >= 0.6 is 0 Å². The second kappa shape index (κ2) is 3.67. The molecule has 4 nitrogen and oxygen atoms in total.